The average Bonchev–Trinajstić information content (AvgIpc) is 2.64. The summed E-state index contributed by atoms with van der Waals surface area (Å²) in [6.45, 7) is 2.76. The minimum absolute atomic E-state index is 0. The summed E-state index contributed by atoms with van der Waals surface area (Å²) in [6.07, 6.45) is 0. The minimum Gasteiger partial charge on any atom is -0.497 e. The summed E-state index contributed by atoms with van der Waals surface area (Å²) >= 11 is 0. The second-order valence-corrected chi connectivity index (χ2v) is 5.54. The van der Waals surface area contributed by atoms with Crippen molar-refractivity contribution in [2.45, 2.75) is 20.0 Å². The largest absolute Gasteiger partial charge is 0.497 e. The fraction of sp³-hybridized carbons (Fsp3) is 0.316. The first-order valence-electron chi connectivity index (χ1n) is 7.97. The Hall–Kier alpha value is -2.03. The van der Waals surface area contributed by atoms with Crippen molar-refractivity contribution in [3.63, 3.8) is 0 Å². The second kappa shape index (κ2) is 10.8. The third kappa shape index (κ3) is 6.05. The Morgan fingerprint density at radius 1 is 1.04 bits per heavy atom. The Morgan fingerprint density at radius 3 is 2.38 bits per heavy atom. The normalized spacial score (nSPS) is 10.7. The number of methoxy groups -OCH3 is 2. The fourth-order valence-corrected chi connectivity index (χ4v) is 2.33. The van der Waals surface area contributed by atoms with E-state index >= 15 is 0 Å². The zero-order valence-corrected chi connectivity index (χ0v) is 17.8. The lowest BCUT2D eigenvalue weighted by Crippen LogP contribution is -2.36. The number of rotatable bonds is 6. The highest BCUT2D eigenvalue weighted by molar-refractivity contribution is 14.0. The van der Waals surface area contributed by atoms with Gasteiger partial charge in [-0.15, -0.1) is 24.0 Å². The van der Waals surface area contributed by atoms with Gasteiger partial charge in [-0.05, 0) is 36.2 Å². The molecule has 0 fully saturated rings. The molecule has 26 heavy (non-hydrogen) atoms. The standard InChI is InChI=1S/C19H24FN3O2.HI/c1-13-5-6-14(9-17(13)20)11-22-19(21-2)23-12-15-7-8-16(24-3)10-18(15)25-4;/h5-10H,11-12H2,1-4H3,(H2,21,22,23);1H. The monoisotopic (exact) mass is 473 g/mol. The molecular formula is C19H25FIN3O2. The van der Waals surface area contributed by atoms with Crippen LogP contribution in [0.4, 0.5) is 4.39 Å². The molecule has 0 bridgehead atoms. The SMILES string of the molecule is CN=C(NCc1ccc(C)c(F)c1)NCc1ccc(OC)cc1OC.I. The Labute approximate surface area is 171 Å². The third-order valence-electron chi connectivity index (χ3n) is 3.86. The first-order chi connectivity index (χ1) is 12.1. The van der Waals surface area contributed by atoms with E-state index in [0.717, 1.165) is 22.6 Å². The lowest BCUT2D eigenvalue weighted by Gasteiger charge is -2.14. The quantitative estimate of drug-likeness (QED) is 0.382. The molecule has 0 spiro atoms. The predicted octanol–water partition coefficient (Wildman–Crippen LogP) is 3.63. The second-order valence-electron chi connectivity index (χ2n) is 5.54. The van der Waals surface area contributed by atoms with Crippen molar-refractivity contribution in [3.05, 3.63) is 58.9 Å². The smallest absolute Gasteiger partial charge is 0.191 e. The molecule has 0 aliphatic carbocycles. The summed E-state index contributed by atoms with van der Waals surface area (Å²) in [5.41, 5.74) is 2.47. The molecule has 0 heterocycles. The van der Waals surface area contributed by atoms with E-state index in [9.17, 15) is 4.39 Å². The molecule has 2 aromatic carbocycles. The summed E-state index contributed by atoms with van der Waals surface area (Å²) in [6, 6.07) is 10.8. The van der Waals surface area contributed by atoms with Crippen LogP contribution in [0, 0.1) is 12.7 Å². The zero-order valence-electron chi connectivity index (χ0n) is 15.4. The summed E-state index contributed by atoms with van der Waals surface area (Å²) < 4.78 is 24.2. The van der Waals surface area contributed by atoms with E-state index in [1.54, 1.807) is 34.3 Å². The van der Waals surface area contributed by atoms with Crippen LogP contribution in [0.5, 0.6) is 11.5 Å². The number of nitrogens with one attached hydrogen (secondary N) is 2. The van der Waals surface area contributed by atoms with Crippen LogP contribution in [0.1, 0.15) is 16.7 Å². The van der Waals surface area contributed by atoms with E-state index in [0.29, 0.717) is 24.6 Å². The third-order valence-corrected chi connectivity index (χ3v) is 3.86. The van der Waals surface area contributed by atoms with Crippen molar-refractivity contribution in [3.8, 4) is 11.5 Å². The molecule has 0 saturated carbocycles. The maximum atomic E-state index is 13.6. The van der Waals surface area contributed by atoms with Crippen molar-refractivity contribution in [1.29, 1.82) is 0 Å². The van der Waals surface area contributed by atoms with E-state index < -0.39 is 0 Å². The molecule has 142 valence electrons. The Bertz CT molecular complexity index is 754. The van der Waals surface area contributed by atoms with Gasteiger partial charge in [-0.25, -0.2) is 4.39 Å². The van der Waals surface area contributed by atoms with Crippen molar-refractivity contribution in [1.82, 2.24) is 10.6 Å². The van der Waals surface area contributed by atoms with Gasteiger partial charge >= 0.3 is 0 Å². The van der Waals surface area contributed by atoms with Gasteiger partial charge in [-0.1, -0.05) is 12.1 Å². The number of guanidine groups is 1. The predicted molar refractivity (Wildman–Crippen MR) is 113 cm³/mol. The van der Waals surface area contributed by atoms with Crippen LogP contribution in [-0.2, 0) is 13.1 Å². The first kappa shape index (κ1) is 22.0. The Kier molecular flexibility index (Phi) is 9.18. The number of halogens is 2. The molecule has 2 rings (SSSR count). The molecule has 0 atom stereocenters. The van der Waals surface area contributed by atoms with Gasteiger partial charge in [0.2, 0.25) is 0 Å². The van der Waals surface area contributed by atoms with E-state index in [1.807, 2.05) is 24.3 Å². The van der Waals surface area contributed by atoms with Crippen molar-refractivity contribution < 1.29 is 13.9 Å². The highest BCUT2D eigenvalue weighted by Gasteiger charge is 2.07. The van der Waals surface area contributed by atoms with Crippen molar-refractivity contribution in [2.24, 2.45) is 4.99 Å². The van der Waals surface area contributed by atoms with Crippen LogP contribution in [0.15, 0.2) is 41.4 Å². The average molecular weight is 473 g/mol. The summed E-state index contributed by atoms with van der Waals surface area (Å²) in [4.78, 5) is 4.18. The number of ether oxygens (including phenoxy) is 2. The van der Waals surface area contributed by atoms with Crippen molar-refractivity contribution >= 4 is 29.9 Å². The molecular weight excluding hydrogens is 448 g/mol. The van der Waals surface area contributed by atoms with Gasteiger partial charge in [-0.3, -0.25) is 4.99 Å². The van der Waals surface area contributed by atoms with Gasteiger partial charge in [0.05, 0.1) is 14.2 Å². The number of hydrogen-bond donors (Lipinski definition) is 2. The van der Waals surface area contributed by atoms with Gasteiger partial charge in [0.15, 0.2) is 5.96 Å². The highest BCUT2D eigenvalue weighted by atomic mass is 127. The van der Waals surface area contributed by atoms with Crippen LogP contribution in [0.3, 0.4) is 0 Å². The first-order valence-corrected chi connectivity index (χ1v) is 7.97. The maximum Gasteiger partial charge on any atom is 0.191 e. The highest BCUT2D eigenvalue weighted by Crippen LogP contribution is 2.24. The van der Waals surface area contributed by atoms with Crippen LogP contribution in [0.2, 0.25) is 0 Å². The topological polar surface area (TPSA) is 54.9 Å². The fourth-order valence-electron chi connectivity index (χ4n) is 2.33. The van der Waals surface area contributed by atoms with Crippen LogP contribution in [0.25, 0.3) is 0 Å². The number of aryl methyl sites for hydroxylation is 1. The van der Waals surface area contributed by atoms with Gasteiger partial charge in [0.25, 0.3) is 0 Å². The molecule has 0 radical (unpaired) electrons. The molecule has 5 nitrogen and oxygen atoms in total. The van der Waals surface area contributed by atoms with Crippen LogP contribution in [-0.4, -0.2) is 27.2 Å². The number of aliphatic imine (C=N–C) groups is 1. The van der Waals surface area contributed by atoms with Crippen molar-refractivity contribution in [2.75, 3.05) is 21.3 Å². The molecule has 0 saturated heterocycles. The summed E-state index contributed by atoms with van der Waals surface area (Å²) in [7, 11) is 4.93. The molecule has 0 amide bonds. The molecule has 2 aromatic rings. The van der Waals surface area contributed by atoms with E-state index in [1.165, 1.54) is 6.07 Å². The minimum atomic E-state index is -0.204. The van der Waals surface area contributed by atoms with Gasteiger partial charge in [0, 0.05) is 31.8 Å². The lowest BCUT2D eigenvalue weighted by molar-refractivity contribution is 0.390. The number of nitrogens with zero attached hydrogens (tertiary/aromatic N) is 1. The van der Waals surface area contributed by atoms with Crippen LogP contribution >= 0.6 is 24.0 Å². The zero-order chi connectivity index (χ0) is 18.2. The Morgan fingerprint density at radius 2 is 1.77 bits per heavy atom. The molecule has 0 aromatic heterocycles. The van der Waals surface area contributed by atoms with E-state index in [2.05, 4.69) is 15.6 Å². The van der Waals surface area contributed by atoms with Gasteiger partial charge in [0.1, 0.15) is 17.3 Å². The van der Waals surface area contributed by atoms with Crippen LogP contribution < -0.4 is 20.1 Å². The molecule has 7 heteroatoms. The number of hydrogen-bond acceptors (Lipinski definition) is 3. The molecule has 0 unspecified atom stereocenters. The molecule has 0 aliphatic rings. The van der Waals surface area contributed by atoms with E-state index in [-0.39, 0.29) is 29.8 Å². The number of benzene rings is 2. The van der Waals surface area contributed by atoms with Gasteiger partial charge < -0.3 is 20.1 Å². The lowest BCUT2D eigenvalue weighted by atomic mass is 10.1. The maximum absolute atomic E-state index is 13.6. The summed E-state index contributed by atoms with van der Waals surface area (Å²) in [5, 5.41) is 6.39. The van der Waals surface area contributed by atoms with E-state index in [4.69, 9.17) is 9.47 Å². The molecule has 2 N–H and O–H groups in total. The Balaban J connectivity index is 0.00000338. The summed E-state index contributed by atoms with van der Waals surface area (Å²) in [5.74, 6) is 1.90. The van der Waals surface area contributed by atoms with Gasteiger partial charge in [-0.2, -0.15) is 0 Å². The molecule has 0 aliphatic heterocycles.